The third-order valence-corrected chi connectivity index (χ3v) is 2.98. The molecule has 0 saturated carbocycles. The lowest BCUT2D eigenvalue weighted by Gasteiger charge is -2.01. The molecule has 0 saturated heterocycles. The van der Waals surface area contributed by atoms with E-state index in [1.165, 1.54) is 11.5 Å². The van der Waals surface area contributed by atoms with E-state index < -0.39 is 0 Å². The number of anilines is 1. The van der Waals surface area contributed by atoms with Crippen LogP contribution in [0.25, 0.3) is 0 Å². The Morgan fingerprint density at radius 3 is 2.83 bits per heavy atom. The van der Waals surface area contributed by atoms with Gasteiger partial charge in [0.05, 0.1) is 11.6 Å². The summed E-state index contributed by atoms with van der Waals surface area (Å²) in [7, 11) is 1.62. The summed E-state index contributed by atoms with van der Waals surface area (Å²) in [5, 5.41) is 12.6. The molecule has 0 bridgehead atoms. The number of hydrogen-bond acceptors (Lipinski definition) is 6. The molecule has 0 amide bonds. The minimum absolute atomic E-state index is 0.426. The average Bonchev–Trinajstić information content (AvgIpc) is 2.85. The molecule has 1 aromatic carbocycles. The minimum atomic E-state index is 0.426. The van der Waals surface area contributed by atoms with Gasteiger partial charge in [-0.3, -0.25) is 0 Å². The Labute approximate surface area is 109 Å². The third kappa shape index (κ3) is 3.26. The number of nitrogens with one attached hydrogen (secondary N) is 1. The fourth-order valence-corrected chi connectivity index (χ4v) is 1.96. The largest absolute Gasteiger partial charge is 0.377 e. The number of ether oxygens (including phenoxy) is 1. The topological polar surface area (TPSA) is 70.8 Å². The van der Waals surface area contributed by atoms with Crippen LogP contribution in [0.5, 0.6) is 0 Å². The second-order valence-corrected chi connectivity index (χ2v) is 4.36. The normalized spacial score (nSPS) is 10.0. The van der Waals surface area contributed by atoms with E-state index in [2.05, 4.69) is 20.7 Å². The zero-order valence-corrected chi connectivity index (χ0v) is 10.7. The van der Waals surface area contributed by atoms with Gasteiger partial charge in [-0.25, -0.2) is 4.98 Å². The van der Waals surface area contributed by atoms with E-state index in [-0.39, 0.29) is 0 Å². The number of aromatic nitrogens is 2. The fraction of sp³-hybridized carbons (Fsp3) is 0.250. The predicted molar refractivity (Wildman–Crippen MR) is 69.1 cm³/mol. The van der Waals surface area contributed by atoms with E-state index >= 15 is 0 Å². The lowest BCUT2D eigenvalue weighted by molar-refractivity contribution is 0.179. The average molecular weight is 260 g/mol. The van der Waals surface area contributed by atoms with Crippen LogP contribution in [0.3, 0.4) is 0 Å². The first-order chi connectivity index (χ1) is 8.81. The van der Waals surface area contributed by atoms with Gasteiger partial charge < -0.3 is 10.1 Å². The molecule has 0 aliphatic heterocycles. The molecule has 0 atom stereocenters. The van der Waals surface area contributed by atoms with Crippen molar-refractivity contribution < 1.29 is 4.74 Å². The van der Waals surface area contributed by atoms with Crippen molar-refractivity contribution in [2.24, 2.45) is 0 Å². The summed E-state index contributed by atoms with van der Waals surface area (Å²) < 4.78 is 9.10. The predicted octanol–water partition coefficient (Wildman–Crippen LogP) is 2.17. The fourth-order valence-electron chi connectivity index (χ4n) is 1.39. The van der Waals surface area contributed by atoms with Crippen LogP contribution >= 0.6 is 11.5 Å². The van der Waals surface area contributed by atoms with Crippen LogP contribution in [0.2, 0.25) is 0 Å². The maximum Gasteiger partial charge on any atom is 0.202 e. The summed E-state index contributed by atoms with van der Waals surface area (Å²) in [5.74, 6) is 0.685. The van der Waals surface area contributed by atoms with Gasteiger partial charge in [0.1, 0.15) is 6.61 Å². The SMILES string of the molecule is COCc1nsc(NCc2ccc(C#N)cc2)n1. The van der Waals surface area contributed by atoms with Crippen molar-refractivity contribution in [1.29, 1.82) is 5.26 Å². The van der Waals surface area contributed by atoms with Gasteiger partial charge in [0, 0.05) is 25.2 Å². The van der Waals surface area contributed by atoms with Crippen LogP contribution in [0.1, 0.15) is 17.0 Å². The molecule has 6 heteroatoms. The molecular formula is C12H12N4OS. The molecule has 1 aromatic heterocycles. The summed E-state index contributed by atoms with van der Waals surface area (Å²) in [6, 6.07) is 9.53. The van der Waals surface area contributed by atoms with Crippen LogP contribution in [-0.2, 0) is 17.9 Å². The Balaban J connectivity index is 1.91. The summed E-state index contributed by atoms with van der Waals surface area (Å²) in [6.07, 6.45) is 0. The second kappa shape index (κ2) is 6.10. The van der Waals surface area contributed by atoms with Crippen molar-refractivity contribution in [3.8, 4) is 6.07 Å². The number of nitriles is 1. The van der Waals surface area contributed by atoms with Gasteiger partial charge in [-0.05, 0) is 17.7 Å². The highest BCUT2D eigenvalue weighted by Crippen LogP contribution is 2.13. The first-order valence-electron chi connectivity index (χ1n) is 5.36. The molecule has 0 fully saturated rings. The lowest BCUT2D eigenvalue weighted by atomic mass is 10.1. The van der Waals surface area contributed by atoms with E-state index in [0.29, 0.717) is 24.5 Å². The molecule has 0 spiro atoms. The molecule has 0 radical (unpaired) electrons. The Morgan fingerprint density at radius 1 is 1.39 bits per heavy atom. The molecule has 0 aliphatic carbocycles. The second-order valence-electron chi connectivity index (χ2n) is 3.61. The van der Waals surface area contributed by atoms with E-state index in [1.54, 1.807) is 19.2 Å². The smallest absolute Gasteiger partial charge is 0.202 e. The zero-order valence-electron chi connectivity index (χ0n) is 9.88. The van der Waals surface area contributed by atoms with E-state index in [0.717, 1.165) is 10.7 Å². The van der Waals surface area contributed by atoms with Crippen LogP contribution in [0.15, 0.2) is 24.3 Å². The molecule has 18 heavy (non-hydrogen) atoms. The van der Waals surface area contributed by atoms with Crippen LogP contribution < -0.4 is 5.32 Å². The molecule has 92 valence electrons. The van der Waals surface area contributed by atoms with E-state index in [1.807, 2.05) is 12.1 Å². The van der Waals surface area contributed by atoms with Gasteiger partial charge >= 0.3 is 0 Å². The van der Waals surface area contributed by atoms with Crippen molar-refractivity contribution in [1.82, 2.24) is 9.36 Å². The third-order valence-electron chi connectivity index (χ3n) is 2.27. The van der Waals surface area contributed by atoms with Gasteiger partial charge in [0.25, 0.3) is 0 Å². The summed E-state index contributed by atoms with van der Waals surface area (Å²) in [5.41, 5.74) is 1.76. The Morgan fingerprint density at radius 2 is 2.17 bits per heavy atom. The van der Waals surface area contributed by atoms with Crippen LogP contribution in [0.4, 0.5) is 5.13 Å². The van der Waals surface area contributed by atoms with Gasteiger partial charge in [-0.1, -0.05) is 12.1 Å². The quantitative estimate of drug-likeness (QED) is 0.892. The number of hydrogen-bond donors (Lipinski definition) is 1. The van der Waals surface area contributed by atoms with Gasteiger partial charge in [0.2, 0.25) is 5.13 Å². The maximum atomic E-state index is 8.70. The van der Waals surface area contributed by atoms with Crippen molar-refractivity contribution >= 4 is 16.7 Å². The summed E-state index contributed by atoms with van der Waals surface area (Å²) >= 11 is 1.31. The molecule has 2 aromatic rings. The van der Waals surface area contributed by atoms with Crippen molar-refractivity contribution in [3.63, 3.8) is 0 Å². The molecule has 0 aliphatic rings. The number of nitrogens with zero attached hydrogens (tertiary/aromatic N) is 3. The van der Waals surface area contributed by atoms with Crippen LogP contribution in [-0.4, -0.2) is 16.5 Å². The highest BCUT2D eigenvalue weighted by molar-refractivity contribution is 7.09. The number of rotatable bonds is 5. The van der Waals surface area contributed by atoms with Crippen molar-refractivity contribution in [2.75, 3.05) is 12.4 Å². The van der Waals surface area contributed by atoms with Crippen LogP contribution in [0, 0.1) is 11.3 Å². The number of benzene rings is 1. The molecule has 2 rings (SSSR count). The molecule has 1 heterocycles. The molecule has 1 N–H and O–H groups in total. The minimum Gasteiger partial charge on any atom is -0.377 e. The highest BCUT2D eigenvalue weighted by Gasteiger charge is 2.03. The summed E-state index contributed by atoms with van der Waals surface area (Å²) in [6.45, 7) is 1.09. The first kappa shape index (κ1) is 12.5. The monoisotopic (exact) mass is 260 g/mol. The summed E-state index contributed by atoms with van der Waals surface area (Å²) in [4.78, 5) is 4.27. The molecule has 0 unspecified atom stereocenters. The van der Waals surface area contributed by atoms with Gasteiger partial charge in [-0.2, -0.15) is 9.64 Å². The first-order valence-corrected chi connectivity index (χ1v) is 6.13. The molecule has 5 nitrogen and oxygen atoms in total. The van der Waals surface area contributed by atoms with Gasteiger partial charge in [-0.15, -0.1) is 0 Å². The molecular weight excluding hydrogens is 248 g/mol. The standard InChI is InChI=1S/C12H12N4OS/c1-17-8-11-15-12(18-16-11)14-7-10-4-2-9(6-13)3-5-10/h2-5H,7-8H2,1H3,(H,14,15,16). The van der Waals surface area contributed by atoms with Crippen molar-refractivity contribution in [2.45, 2.75) is 13.2 Å². The maximum absolute atomic E-state index is 8.70. The Kier molecular flexibility index (Phi) is 4.23. The Bertz CT molecular complexity index is 544. The van der Waals surface area contributed by atoms with Gasteiger partial charge in [0.15, 0.2) is 5.82 Å². The Hall–Kier alpha value is -1.97. The van der Waals surface area contributed by atoms with E-state index in [4.69, 9.17) is 10.00 Å². The lowest BCUT2D eigenvalue weighted by Crippen LogP contribution is -1.99. The number of methoxy groups -OCH3 is 1. The van der Waals surface area contributed by atoms with E-state index in [9.17, 15) is 0 Å². The van der Waals surface area contributed by atoms with Crippen molar-refractivity contribution in [3.05, 3.63) is 41.2 Å². The zero-order chi connectivity index (χ0) is 12.8. The highest BCUT2D eigenvalue weighted by atomic mass is 32.1.